The molecule has 3 rings (SSSR count). The number of phenols is 1. The fraction of sp³-hybridized carbons (Fsp3) is 0.333. The fourth-order valence-electron chi connectivity index (χ4n) is 3.37. The number of nitrogens with zero attached hydrogens (tertiary/aromatic N) is 1. The quantitative estimate of drug-likeness (QED) is 0.857. The number of hydrogen-bond acceptors (Lipinski definition) is 3. The Labute approximate surface area is 114 Å². The molecule has 1 aromatic carbocycles. The molecule has 1 aromatic rings. The van der Waals surface area contributed by atoms with E-state index in [1.54, 1.807) is 6.07 Å². The van der Waals surface area contributed by atoms with Gasteiger partial charge in [-0.05, 0) is 24.3 Å². The number of rotatable bonds is 1. The fourth-order valence-corrected chi connectivity index (χ4v) is 3.37. The summed E-state index contributed by atoms with van der Waals surface area (Å²) in [6.07, 6.45) is 2.11. The van der Waals surface area contributed by atoms with Gasteiger partial charge < -0.3 is 5.11 Å². The summed E-state index contributed by atoms with van der Waals surface area (Å²) < 4.78 is 28.0. The Morgan fingerprint density at radius 1 is 1.20 bits per heavy atom. The number of allylic oxidation sites excluding steroid dienone is 2. The van der Waals surface area contributed by atoms with Crippen molar-refractivity contribution in [3.8, 4) is 11.8 Å². The second-order valence-corrected chi connectivity index (χ2v) is 5.19. The van der Waals surface area contributed by atoms with Crippen LogP contribution in [0.2, 0.25) is 0 Å². The van der Waals surface area contributed by atoms with E-state index < -0.39 is 17.4 Å². The van der Waals surface area contributed by atoms with E-state index in [0.717, 1.165) is 18.6 Å². The minimum Gasteiger partial charge on any atom is -0.508 e. The molecule has 0 heterocycles. The van der Waals surface area contributed by atoms with Gasteiger partial charge in [0.05, 0.1) is 11.1 Å². The van der Waals surface area contributed by atoms with Gasteiger partial charge in [-0.25, -0.2) is 8.78 Å². The normalized spacial score (nSPS) is 24.9. The molecule has 3 nitrogen and oxygen atoms in total. The molecular formula is C15H11F2NO2. The molecule has 0 bridgehead atoms. The Hall–Kier alpha value is -2.22. The third-order valence-electron chi connectivity index (χ3n) is 4.15. The molecule has 5 heteroatoms. The van der Waals surface area contributed by atoms with Gasteiger partial charge in [0.15, 0.2) is 5.78 Å². The average Bonchev–Trinajstić information content (AvgIpc) is 2.92. The van der Waals surface area contributed by atoms with Crippen molar-refractivity contribution in [2.24, 2.45) is 11.8 Å². The van der Waals surface area contributed by atoms with Crippen LogP contribution in [0.4, 0.5) is 8.78 Å². The molecule has 0 aliphatic heterocycles. The topological polar surface area (TPSA) is 61.1 Å². The van der Waals surface area contributed by atoms with Gasteiger partial charge in [-0.3, -0.25) is 4.79 Å². The zero-order chi connectivity index (χ0) is 14.4. The van der Waals surface area contributed by atoms with Crippen LogP contribution < -0.4 is 0 Å². The van der Waals surface area contributed by atoms with E-state index in [2.05, 4.69) is 0 Å². The third-order valence-corrected chi connectivity index (χ3v) is 4.15. The van der Waals surface area contributed by atoms with Crippen LogP contribution in [-0.2, 0) is 4.79 Å². The van der Waals surface area contributed by atoms with Gasteiger partial charge in [-0.1, -0.05) is 6.42 Å². The van der Waals surface area contributed by atoms with E-state index >= 15 is 0 Å². The van der Waals surface area contributed by atoms with Crippen molar-refractivity contribution in [3.05, 3.63) is 34.9 Å². The van der Waals surface area contributed by atoms with Crippen LogP contribution in [0.1, 0.15) is 24.8 Å². The zero-order valence-corrected chi connectivity index (χ0v) is 10.5. The molecule has 1 saturated carbocycles. The first-order valence-corrected chi connectivity index (χ1v) is 6.41. The Morgan fingerprint density at radius 3 is 2.40 bits per heavy atom. The van der Waals surface area contributed by atoms with Crippen molar-refractivity contribution in [2.45, 2.75) is 19.3 Å². The molecule has 1 N–H and O–H groups in total. The molecule has 2 aliphatic rings. The number of phenolic OH excluding ortho intramolecular Hbond substituents is 1. The molecule has 0 saturated heterocycles. The van der Waals surface area contributed by atoms with Crippen molar-refractivity contribution in [3.63, 3.8) is 0 Å². The van der Waals surface area contributed by atoms with Crippen LogP contribution in [0, 0.1) is 34.8 Å². The monoisotopic (exact) mass is 275 g/mol. The summed E-state index contributed by atoms with van der Waals surface area (Å²) in [5.41, 5.74) is -0.305. The summed E-state index contributed by atoms with van der Waals surface area (Å²) >= 11 is 0. The van der Waals surface area contributed by atoms with Gasteiger partial charge >= 0.3 is 0 Å². The molecule has 102 valence electrons. The second kappa shape index (κ2) is 4.41. The number of nitriles is 1. The van der Waals surface area contributed by atoms with Gasteiger partial charge in [0.25, 0.3) is 0 Å². The minimum atomic E-state index is -0.939. The smallest absolute Gasteiger partial charge is 0.177 e. The van der Waals surface area contributed by atoms with Crippen molar-refractivity contribution in [2.75, 3.05) is 0 Å². The van der Waals surface area contributed by atoms with Crippen LogP contribution in [0.5, 0.6) is 5.75 Å². The number of aromatic hydroxyl groups is 1. The van der Waals surface area contributed by atoms with Crippen LogP contribution >= 0.6 is 0 Å². The molecule has 0 radical (unpaired) electrons. The van der Waals surface area contributed by atoms with Crippen LogP contribution in [-0.4, -0.2) is 10.9 Å². The number of halogens is 2. The first kappa shape index (κ1) is 12.8. The van der Waals surface area contributed by atoms with Crippen molar-refractivity contribution < 1.29 is 18.7 Å². The number of ketones is 1. The van der Waals surface area contributed by atoms with E-state index in [0.29, 0.717) is 12.8 Å². The Balaban J connectivity index is 2.25. The van der Waals surface area contributed by atoms with E-state index in [4.69, 9.17) is 5.26 Å². The summed E-state index contributed by atoms with van der Waals surface area (Å²) in [5, 5.41) is 18.3. The summed E-state index contributed by atoms with van der Waals surface area (Å²) in [6, 6.07) is 3.39. The Kier molecular flexibility index (Phi) is 2.82. The van der Waals surface area contributed by atoms with Crippen LogP contribution in [0.15, 0.2) is 17.7 Å². The van der Waals surface area contributed by atoms with Gasteiger partial charge in [-0.2, -0.15) is 5.26 Å². The van der Waals surface area contributed by atoms with Gasteiger partial charge in [-0.15, -0.1) is 0 Å². The van der Waals surface area contributed by atoms with Crippen molar-refractivity contribution >= 4 is 11.4 Å². The van der Waals surface area contributed by atoms with E-state index in [-0.39, 0.29) is 34.3 Å². The number of carbonyl (C=O) groups is 1. The Bertz CT molecular complexity index is 665. The van der Waals surface area contributed by atoms with Crippen LogP contribution in [0.3, 0.4) is 0 Å². The first-order valence-electron chi connectivity index (χ1n) is 6.41. The maximum absolute atomic E-state index is 14.0. The molecule has 0 amide bonds. The predicted molar refractivity (Wildman–Crippen MR) is 66.4 cm³/mol. The molecule has 0 spiro atoms. The van der Waals surface area contributed by atoms with E-state index in [1.807, 2.05) is 0 Å². The van der Waals surface area contributed by atoms with E-state index in [9.17, 15) is 18.7 Å². The highest BCUT2D eigenvalue weighted by molar-refractivity contribution is 6.12. The summed E-state index contributed by atoms with van der Waals surface area (Å²) in [5.74, 6) is -3.32. The lowest BCUT2D eigenvalue weighted by molar-refractivity contribution is -0.118. The number of fused-ring (bicyclic) bond motifs is 1. The number of hydrogen-bond donors (Lipinski definition) is 1. The first-order chi connectivity index (χ1) is 9.54. The third kappa shape index (κ3) is 1.64. The second-order valence-electron chi connectivity index (χ2n) is 5.19. The van der Waals surface area contributed by atoms with Crippen molar-refractivity contribution in [1.82, 2.24) is 0 Å². The maximum Gasteiger partial charge on any atom is 0.177 e. The van der Waals surface area contributed by atoms with Gasteiger partial charge in [0.2, 0.25) is 0 Å². The lowest BCUT2D eigenvalue weighted by Gasteiger charge is -2.14. The summed E-state index contributed by atoms with van der Waals surface area (Å²) in [7, 11) is 0. The van der Waals surface area contributed by atoms with Crippen molar-refractivity contribution in [1.29, 1.82) is 5.26 Å². The lowest BCUT2D eigenvalue weighted by atomic mass is 9.89. The maximum atomic E-state index is 14.0. The molecule has 2 atom stereocenters. The molecule has 2 unspecified atom stereocenters. The number of benzene rings is 1. The number of carbonyl (C=O) groups excluding carboxylic acids is 1. The molecule has 20 heavy (non-hydrogen) atoms. The highest BCUT2D eigenvalue weighted by Crippen LogP contribution is 2.50. The molecule has 1 fully saturated rings. The van der Waals surface area contributed by atoms with Gasteiger partial charge in [0.1, 0.15) is 23.5 Å². The summed E-state index contributed by atoms with van der Waals surface area (Å²) in [4.78, 5) is 12.1. The highest BCUT2D eigenvalue weighted by atomic mass is 19.1. The number of Topliss-reactive ketones (excluding diaryl/α,β-unsaturated/α-hetero) is 1. The largest absolute Gasteiger partial charge is 0.508 e. The standard InChI is InChI=1S/C15H11F2NO2/c16-11-4-7(19)5-12(17)14(11)13-8-2-1-3-9(8)15(20)10(13)6-18/h4-5,8-9,19H,1-3H2. The average molecular weight is 275 g/mol. The molecule has 0 aromatic heterocycles. The molecular weight excluding hydrogens is 264 g/mol. The van der Waals surface area contributed by atoms with Gasteiger partial charge in [0, 0.05) is 18.1 Å². The minimum absolute atomic E-state index is 0.136. The van der Waals surface area contributed by atoms with Crippen LogP contribution in [0.25, 0.3) is 5.57 Å². The SMILES string of the molecule is N#CC1=C(c2c(F)cc(O)cc2F)C2CCCC2C1=O. The Morgan fingerprint density at radius 2 is 1.80 bits per heavy atom. The molecule has 2 aliphatic carbocycles. The highest BCUT2D eigenvalue weighted by Gasteiger charge is 2.46. The predicted octanol–water partition coefficient (Wildman–Crippen LogP) is 2.95. The zero-order valence-electron chi connectivity index (χ0n) is 10.5. The summed E-state index contributed by atoms with van der Waals surface area (Å²) in [6.45, 7) is 0. The van der Waals surface area contributed by atoms with E-state index in [1.165, 1.54) is 0 Å². The lowest BCUT2D eigenvalue weighted by Crippen LogP contribution is -2.11.